The van der Waals surface area contributed by atoms with Crippen LogP contribution < -0.4 is 0 Å². The maximum absolute atomic E-state index is 14.4. The summed E-state index contributed by atoms with van der Waals surface area (Å²) >= 11 is 1.30. The van der Waals surface area contributed by atoms with Crippen molar-refractivity contribution in [3.05, 3.63) is 0 Å². The zero-order chi connectivity index (χ0) is 40.9. The number of nitrogens with zero attached hydrogens (tertiary/aromatic N) is 3. The predicted octanol–water partition coefficient (Wildman–Crippen LogP) is 7.34. The third-order valence-electron chi connectivity index (χ3n) is 11.2. The standard InChI is InChI=1S/C38H71N3O8SSi2/c1-23(28-27(24(2)49-52(19,20)38(12,13)14)32(44)41(28)51(17,18)37(9,10)11)30(29(42)33(45)47-35(3,4)5)50-25-21-26(31(43)39(15)16)40(22-25)34(46)48-36(6,7)8/h23-28,30H,21-22H2,1-20H3/t23-,24+,25-,26-,27+,28+,30?/m0/s1. The number of β-lactam (4-membered cyclic amide) rings is 1. The third-order valence-corrected chi connectivity index (χ3v) is 22.9. The van der Waals surface area contributed by atoms with Crippen molar-refractivity contribution in [2.45, 2.75) is 180 Å². The normalized spacial score (nSPS) is 23.8. The summed E-state index contributed by atoms with van der Waals surface area (Å²) in [6, 6.07) is -1.19. The van der Waals surface area contributed by atoms with Crippen molar-refractivity contribution in [2.75, 3.05) is 20.6 Å². The number of likely N-dealkylation sites (N-methyl/N-ethyl adjacent to an activating group) is 1. The van der Waals surface area contributed by atoms with Gasteiger partial charge in [-0.2, -0.15) is 0 Å². The molecule has 0 aromatic carbocycles. The van der Waals surface area contributed by atoms with Crippen molar-refractivity contribution >= 4 is 58.0 Å². The van der Waals surface area contributed by atoms with E-state index in [0.717, 1.165) is 0 Å². The zero-order valence-corrected chi connectivity index (χ0v) is 38.8. The van der Waals surface area contributed by atoms with Crippen LogP contribution in [0.25, 0.3) is 0 Å². The lowest BCUT2D eigenvalue weighted by atomic mass is 9.76. The van der Waals surface area contributed by atoms with E-state index in [4.69, 9.17) is 13.9 Å². The van der Waals surface area contributed by atoms with E-state index in [1.54, 1.807) is 55.6 Å². The van der Waals surface area contributed by atoms with Gasteiger partial charge in [0, 0.05) is 31.9 Å². The van der Waals surface area contributed by atoms with Crippen molar-refractivity contribution in [1.29, 1.82) is 0 Å². The van der Waals surface area contributed by atoms with E-state index in [2.05, 4.69) is 67.7 Å². The highest BCUT2D eigenvalue weighted by molar-refractivity contribution is 8.01. The fourth-order valence-corrected chi connectivity index (χ4v) is 12.1. The molecule has 2 fully saturated rings. The molecule has 0 N–H and O–H groups in total. The van der Waals surface area contributed by atoms with Crippen LogP contribution in [-0.4, -0.2) is 121 Å². The van der Waals surface area contributed by atoms with Gasteiger partial charge in [-0.05, 0) is 84.0 Å². The van der Waals surface area contributed by atoms with Crippen molar-refractivity contribution in [3.63, 3.8) is 0 Å². The Kier molecular flexibility index (Phi) is 13.9. The minimum absolute atomic E-state index is 0.0247. The van der Waals surface area contributed by atoms with Gasteiger partial charge in [0.25, 0.3) is 5.78 Å². The average molecular weight is 786 g/mol. The van der Waals surface area contributed by atoms with Gasteiger partial charge in [0.2, 0.25) is 11.8 Å². The number of ketones is 1. The van der Waals surface area contributed by atoms with Crippen LogP contribution in [0.15, 0.2) is 0 Å². The predicted molar refractivity (Wildman–Crippen MR) is 214 cm³/mol. The van der Waals surface area contributed by atoms with E-state index >= 15 is 0 Å². The molecule has 0 spiro atoms. The Morgan fingerprint density at radius 3 is 1.75 bits per heavy atom. The number of thioether (sulfide) groups is 1. The Hall–Kier alpha value is -1.91. The number of ether oxygens (including phenoxy) is 2. The number of hydrogen-bond acceptors (Lipinski definition) is 9. The van der Waals surface area contributed by atoms with Gasteiger partial charge in [0.05, 0.1) is 17.3 Å². The van der Waals surface area contributed by atoms with E-state index in [1.165, 1.54) is 21.6 Å². The molecule has 2 aliphatic heterocycles. The van der Waals surface area contributed by atoms with Crippen molar-refractivity contribution in [1.82, 2.24) is 14.4 Å². The summed E-state index contributed by atoms with van der Waals surface area (Å²) in [5.41, 5.74) is -1.68. The van der Waals surface area contributed by atoms with Crippen LogP contribution >= 0.6 is 11.8 Å². The van der Waals surface area contributed by atoms with Crippen molar-refractivity contribution in [3.8, 4) is 0 Å². The monoisotopic (exact) mass is 785 g/mol. The molecule has 1 unspecified atom stereocenters. The van der Waals surface area contributed by atoms with Crippen molar-refractivity contribution in [2.24, 2.45) is 11.8 Å². The van der Waals surface area contributed by atoms with E-state index in [9.17, 15) is 24.0 Å². The molecule has 2 saturated heterocycles. The minimum atomic E-state index is -2.49. The highest BCUT2D eigenvalue weighted by Gasteiger charge is 2.62. The Labute approximate surface area is 321 Å². The molecule has 52 heavy (non-hydrogen) atoms. The number of Topliss-reactive ketones (excluding diaryl/α,β-unsaturated/α-hetero) is 1. The van der Waals surface area contributed by atoms with Crippen LogP contribution in [0.5, 0.6) is 0 Å². The number of likely N-dealkylation sites (tertiary alicyclic amines) is 1. The number of hydrogen-bond donors (Lipinski definition) is 0. The minimum Gasteiger partial charge on any atom is -0.454 e. The van der Waals surface area contributed by atoms with E-state index < -0.39 is 74.8 Å². The van der Waals surface area contributed by atoms with Gasteiger partial charge >= 0.3 is 12.1 Å². The maximum Gasteiger partial charge on any atom is 0.411 e. The molecule has 11 nitrogen and oxygen atoms in total. The number of esters is 1. The molecule has 14 heteroatoms. The summed E-state index contributed by atoms with van der Waals surface area (Å²) in [5, 5.41) is -1.58. The summed E-state index contributed by atoms with van der Waals surface area (Å²) < 4.78 is 20.2. The summed E-state index contributed by atoms with van der Waals surface area (Å²) in [6.07, 6.45) is -0.750. The molecule has 0 aromatic rings. The molecule has 2 aliphatic rings. The van der Waals surface area contributed by atoms with Crippen LogP contribution in [0.2, 0.25) is 36.3 Å². The fourth-order valence-electron chi connectivity index (χ4n) is 6.50. The van der Waals surface area contributed by atoms with Crippen molar-refractivity contribution < 1.29 is 37.9 Å². The first kappa shape index (κ1) is 46.2. The Morgan fingerprint density at radius 1 is 0.827 bits per heavy atom. The zero-order valence-electron chi connectivity index (χ0n) is 36.0. The highest BCUT2D eigenvalue weighted by atomic mass is 32.2. The topological polar surface area (TPSA) is 123 Å². The van der Waals surface area contributed by atoms with Crippen LogP contribution in [0.4, 0.5) is 4.79 Å². The second kappa shape index (κ2) is 15.7. The lowest BCUT2D eigenvalue weighted by Gasteiger charge is -2.62. The van der Waals surface area contributed by atoms with Gasteiger partial charge in [-0.25, -0.2) is 9.59 Å². The maximum atomic E-state index is 14.4. The van der Waals surface area contributed by atoms with Crippen LogP contribution in [0.1, 0.15) is 103 Å². The van der Waals surface area contributed by atoms with Gasteiger partial charge < -0.3 is 23.4 Å². The first-order chi connectivity index (χ1) is 23.1. The van der Waals surface area contributed by atoms with Gasteiger partial charge in [0.1, 0.15) is 17.2 Å². The molecule has 7 atom stereocenters. The van der Waals surface area contributed by atoms with E-state index in [1.807, 2.05) is 18.4 Å². The fraction of sp³-hybridized carbons (Fsp3) is 0.868. The number of amides is 3. The molecular weight excluding hydrogens is 715 g/mol. The lowest BCUT2D eigenvalue weighted by molar-refractivity contribution is -0.164. The molecular formula is C38H71N3O8SSi2. The first-order valence-corrected chi connectivity index (χ1v) is 25.5. The second-order valence-corrected chi connectivity index (χ2v) is 31.4. The quantitative estimate of drug-likeness (QED) is 0.0917. The molecule has 0 saturated carbocycles. The lowest BCUT2D eigenvalue weighted by Crippen LogP contribution is -2.77. The summed E-state index contributed by atoms with van der Waals surface area (Å²) in [7, 11) is -1.49. The van der Waals surface area contributed by atoms with Gasteiger partial charge in [0.15, 0.2) is 16.6 Å². The molecule has 0 radical (unpaired) electrons. The Balaban J connectivity index is 2.70. The first-order valence-electron chi connectivity index (χ1n) is 18.7. The smallest absolute Gasteiger partial charge is 0.411 e. The molecule has 0 aromatic heterocycles. The van der Waals surface area contributed by atoms with Crippen LogP contribution in [0.3, 0.4) is 0 Å². The summed E-state index contributed by atoms with van der Waals surface area (Å²) in [4.78, 5) is 72.2. The second-order valence-electron chi connectivity index (χ2n) is 20.1. The van der Waals surface area contributed by atoms with Gasteiger partial charge in [-0.15, -0.1) is 11.8 Å². The SMILES string of the molecule is C[C@H](C(S[C@H]1C[C@@H](C(=O)N(C)C)N(C(=O)OC(C)(C)C)C1)C(=O)C(=O)OC(C)(C)C)[C@@H]1[C@@H]([C@@H](C)O[Si](C)(C)C(C)(C)C)C(=O)N1[Si](C)(C)C(C)(C)C. The van der Waals surface area contributed by atoms with Crippen LogP contribution in [0, 0.1) is 11.8 Å². The van der Waals surface area contributed by atoms with Gasteiger partial charge in [-0.3, -0.25) is 19.3 Å². The summed E-state index contributed by atoms with van der Waals surface area (Å²) in [6.45, 7) is 36.2. The average Bonchev–Trinajstić information content (AvgIpc) is 3.33. The Bertz CT molecular complexity index is 1360. The number of carbonyl (C=O) groups is 5. The third kappa shape index (κ3) is 10.4. The molecule has 0 bridgehead atoms. The molecule has 3 amide bonds. The van der Waals surface area contributed by atoms with Crippen LogP contribution in [-0.2, 0) is 33.1 Å². The summed E-state index contributed by atoms with van der Waals surface area (Å²) in [5.74, 6) is -2.86. The number of rotatable bonds is 11. The molecule has 2 rings (SSSR count). The molecule has 0 aliphatic carbocycles. The van der Waals surface area contributed by atoms with Gasteiger partial charge in [-0.1, -0.05) is 61.6 Å². The van der Waals surface area contributed by atoms with E-state index in [0.29, 0.717) is 0 Å². The largest absolute Gasteiger partial charge is 0.454 e. The van der Waals surface area contributed by atoms with E-state index in [-0.39, 0.29) is 46.1 Å². The molecule has 2 heterocycles. The number of carbonyl (C=O) groups excluding carboxylic acids is 5. The highest BCUT2D eigenvalue weighted by Crippen LogP contribution is 2.51. The molecule has 300 valence electrons. The Morgan fingerprint density at radius 2 is 1.33 bits per heavy atom.